The van der Waals surface area contributed by atoms with Crippen molar-refractivity contribution in [1.29, 1.82) is 0 Å². The standard InChI is InChI=1S/C22H27FN4O2/c1-17-4-2-3-5-18(17)15-26-10-12-27(13-11-26)16-22(29)24-14-21(28)25-20-8-6-19(23)7-9-20/h2-9H,10-16H2,1H3,(H,24,29)(H,25,28). The first kappa shape index (κ1) is 21.0. The molecule has 6 nitrogen and oxygen atoms in total. The minimum atomic E-state index is -0.365. The second-order valence-electron chi connectivity index (χ2n) is 7.31. The van der Waals surface area contributed by atoms with Crippen LogP contribution in [-0.4, -0.2) is 60.9 Å². The zero-order valence-electron chi connectivity index (χ0n) is 16.7. The lowest BCUT2D eigenvalue weighted by molar-refractivity contribution is -0.125. The summed E-state index contributed by atoms with van der Waals surface area (Å²) in [5.74, 6) is -0.880. The van der Waals surface area contributed by atoms with Gasteiger partial charge in [0, 0.05) is 38.4 Å². The molecule has 1 saturated heterocycles. The highest BCUT2D eigenvalue weighted by molar-refractivity contribution is 5.94. The number of amides is 2. The zero-order chi connectivity index (χ0) is 20.6. The van der Waals surface area contributed by atoms with Crippen LogP contribution in [0.5, 0.6) is 0 Å². The highest BCUT2D eigenvalue weighted by atomic mass is 19.1. The van der Waals surface area contributed by atoms with E-state index in [0.717, 1.165) is 32.7 Å². The molecule has 1 aliphatic rings. The Morgan fingerprint density at radius 1 is 0.931 bits per heavy atom. The van der Waals surface area contributed by atoms with Gasteiger partial charge in [-0.15, -0.1) is 0 Å². The lowest BCUT2D eigenvalue weighted by atomic mass is 10.1. The van der Waals surface area contributed by atoms with E-state index in [2.05, 4.69) is 51.6 Å². The molecule has 1 fully saturated rings. The molecule has 3 rings (SSSR count). The van der Waals surface area contributed by atoms with Crippen molar-refractivity contribution in [3.05, 3.63) is 65.5 Å². The Labute approximate surface area is 170 Å². The summed E-state index contributed by atoms with van der Waals surface area (Å²) >= 11 is 0. The number of aryl methyl sites for hydroxylation is 1. The molecule has 0 saturated carbocycles. The third kappa shape index (κ3) is 6.66. The predicted octanol–water partition coefficient (Wildman–Crippen LogP) is 2.01. The average Bonchev–Trinajstić information content (AvgIpc) is 2.71. The van der Waals surface area contributed by atoms with E-state index in [1.807, 2.05) is 0 Å². The van der Waals surface area contributed by atoms with Gasteiger partial charge in [-0.05, 0) is 42.3 Å². The minimum absolute atomic E-state index is 0.108. The molecule has 0 bridgehead atoms. The van der Waals surface area contributed by atoms with Gasteiger partial charge in [0.2, 0.25) is 11.8 Å². The number of anilines is 1. The molecule has 154 valence electrons. The molecule has 7 heteroatoms. The molecule has 1 aliphatic heterocycles. The third-order valence-corrected chi connectivity index (χ3v) is 5.06. The van der Waals surface area contributed by atoms with Crippen LogP contribution in [-0.2, 0) is 16.1 Å². The summed E-state index contributed by atoms with van der Waals surface area (Å²) in [4.78, 5) is 28.5. The van der Waals surface area contributed by atoms with Gasteiger partial charge in [-0.1, -0.05) is 24.3 Å². The number of carbonyl (C=O) groups excluding carboxylic acids is 2. The summed E-state index contributed by atoms with van der Waals surface area (Å²) in [6.45, 7) is 6.69. The number of rotatable bonds is 7. The van der Waals surface area contributed by atoms with E-state index in [0.29, 0.717) is 5.69 Å². The topological polar surface area (TPSA) is 64.7 Å². The summed E-state index contributed by atoms with van der Waals surface area (Å²) < 4.78 is 12.9. The van der Waals surface area contributed by atoms with Gasteiger partial charge in [0.1, 0.15) is 5.82 Å². The minimum Gasteiger partial charge on any atom is -0.346 e. The maximum Gasteiger partial charge on any atom is 0.243 e. The molecule has 0 atom stereocenters. The fraction of sp³-hybridized carbons (Fsp3) is 0.364. The molecule has 0 spiro atoms. The number of nitrogens with zero attached hydrogens (tertiary/aromatic N) is 2. The fourth-order valence-electron chi connectivity index (χ4n) is 3.31. The van der Waals surface area contributed by atoms with Crippen LogP contribution >= 0.6 is 0 Å². The Bertz CT molecular complexity index is 833. The summed E-state index contributed by atoms with van der Waals surface area (Å²) in [5, 5.41) is 5.26. The maximum atomic E-state index is 12.9. The van der Waals surface area contributed by atoms with Crippen molar-refractivity contribution in [1.82, 2.24) is 15.1 Å². The van der Waals surface area contributed by atoms with E-state index in [1.54, 1.807) is 0 Å². The lowest BCUT2D eigenvalue weighted by Crippen LogP contribution is -2.49. The summed E-state index contributed by atoms with van der Waals surface area (Å²) in [6.07, 6.45) is 0. The van der Waals surface area contributed by atoms with Crippen molar-refractivity contribution in [3.63, 3.8) is 0 Å². The van der Waals surface area contributed by atoms with Crippen LogP contribution in [0, 0.1) is 12.7 Å². The normalized spacial score (nSPS) is 15.1. The van der Waals surface area contributed by atoms with Gasteiger partial charge in [0.25, 0.3) is 0 Å². The van der Waals surface area contributed by atoms with E-state index in [9.17, 15) is 14.0 Å². The van der Waals surface area contributed by atoms with Gasteiger partial charge in [-0.3, -0.25) is 19.4 Å². The van der Waals surface area contributed by atoms with Gasteiger partial charge in [0.05, 0.1) is 13.1 Å². The molecule has 2 N–H and O–H groups in total. The van der Waals surface area contributed by atoms with Crippen molar-refractivity contribution < 1.29 is 14.0 Å². The quantitative estimate of drug-likeness (QED) is 0.749. The Kier molecular flexibility index (Phi) is 7.32. The average molecular weight is 398 g/mol. The van der Waals surface area contributed by atoms with Crippen LogP contribution in [0.1, 0.15) is 11.1 Å². The first-order chi connectivity index (χ1) is 14.0. The number of benzene rings is 2. The zero-order valence-corrected chi connectivity index (χ0v) is 16.7. The van der Waals surface area contributed by atoms with Crippen molar-refractivity contribution in [3.8, 4) is 0 Å². The van der Waals surface area contributed by atoms with Crippen molar-refractivity contribution in [2.75, 3.05) is 44.6 Å². The van der Waals surface area contributed by atoms with Crippen molar-refractivity contribution in [2.24, 2.45) is 0 Å². The molecular formula is C22H27FN4O2. The summed E-state index contributed by atoms with van der Waals surface area (Å²) in [6, 6.07) is 13.9. The highest BCUT2D eigenvalue weighted by Gasteiger charge is 2.19. The van der Waals surface area contributed by atoms with Crippen LogP contribution in [0.25, 0.3) is 0 Å². The molecule has 0 radical (unpaired) electrons. The van der Waals surface area contributed by atoms with Crippen molar-refractivity contribution in [2.45, 2.75) is 13.5 Å². The van der Waals surface area contributed by atoms with E-state index in [4.69, 9.17) is 0 Å². The number of halogens is 1. The van der Waals surface area contributed by atoms with Gasteiger partial charge < -0.3 is 10.6 Å². The fourth-order valence-corrected chi connectivity index (χ4v) is 3.31. The first-order valence-electron chi connectivity index (χ1n) is 9.81. The Balaban J connectivity index is 1.34. The predicted molar refractivity (Wildman–Crippen MR) is 111 cm³/mol. The number of hydrogen-bond donors (Lipinski definition) is 2. The van der Waals surface area contributed by atoms with Crippen LogP contribution < -0.4 is 10.6 Å². The molecule has 2 aromatic rings. The van der Waals surface area contributed by atoms with E-state index in [-0.39, 0.29) is 30.7 Å². The molecule has 2 aromatic carbocycles. The Morgan fingerprint density at radius 2 is 1.59 bits per heavy atom. The van der Waals surface area contributed by atoms with Crippen LogP contribution in [0.15, 0.2) is 48.5 Å². The Morgan fingerprint density at radius 3 is 2.28 bits per heavy atom. The largest absolute Gasteiger partial charge is 0.346 e. The van der Waals surface area contributed by atoms with Crippen LogP contribution in [0.4, 0.5) is 10.1 Å². The third-order valence-electron chi connectivity index (χ3n) is 5.06. The number of hydrogen-bond acceptors (Lipinski definition) is 4. The molecular weight excluding hydrogens is 371 g/mol. The van der Waals surface area contributed by atoms with Gasteiger partial charge in [-0.25, -0.2) is 4.39 Å². The van der Waals surface area contributed by atoms with E-state index < -0.39 is 0 Å². The second kappa shape index (κ2) is 10.1. The lowest BCUT2D eigenvalue weighted by Gasteiger charge is -2.34. The monoisotopic (exact) mass is 398 g/mol. The number of piperazine rings is 1. The molecule has 1 heterocycles. The molecule has 29 heavy (non-hydrogen) atoms. The van der Waals surface area contributed by atoms with Gasteiger partial charge in [0.15, 0.2) is 0 Å². The number of carbonyl (C=O) groups is 2. The summed E-state index contributed by atoms with van der Waals surface area (Å²) in [7, 11) is 0. The number of nitrogens with one attached hydrogen (secondary N) is 2. The van der Waals surface area contributed by atoms with E-state index >= 15 is 0 Å². The Hall–Kier alpha value is -2.77. The van der Waals surface area contributed by atoms with E-state index in [1.165, 1.54) is 35.4 Å². The smallest absolute Gasteiger partial charge is 0.243 e. The van der Waals surface area contributed by atoms with Crippen LogP contribution in [0.2, 0.25) is 0 Å². The first-order valence-corrected chi connectivity index (χ1v) is 9.81. The van der Waals surface area contributed by atoms with Gasteiger partial charge >= 0.3 is 0 Å². The maximum absolute atomic E-state index is 12.9. The molecule has 0 unspecified atom stereocenters. The molecule has 2 amide bonds. The SMILES string of the molecule is Cc1ccccc1CN1CCN(CC(=O)NCC(=O)Nc2ccc(F)cc2)CC1. The second-order valence-corrected chi connectivity index (χ2v) is 7.31. The molecule has 0 aromatic heterocycles. The van der Waals surface area contributed by atoms with Gasteiger partial charge in [-0.2, -0.15) is 0 Å². The van der Waals surface area contributed by atoms with Crippen molar-refractivity contribution >= 4 is 17.5 Å². The highest BCUT2D eigenvalue weighted by Crippen LogP contribution is 2.12. The van der Waals surface area contributed by atoms with Crippen LogP contribution in [0.3, 0.4) is 0 Å². The molecule has 0 aliphatic carbocycles. The summed E-state index contributed by atoms with van der Waals surface area (Å²) in [5.41, 5.74) is 3.13.